The highest BCUT2D eigenvalue weighted by molar-refractivity contribution is 6.21. The number of nitrogen functional groups attached to an aromatic ring is 1. The van der Waals surface area contributed by atoms with Crippen molar-refractivity contribution in [1.29, 1.82) is 5.26 Å². The number of imide groups is 1. The van der Waals surface area contributed by atoms with Gasteiger partial charge in [-0.1, -0.05) is 0 Å². The number of ether oxygens (including phenoxy) is 2. The van der Waals surface area contributed by atoms with Crippen LogP contribution in [-0.2, 0) is 19.1 Å². The van der Waals surface area contributed by atoms with Gasteiger partial charge in [-0.25, -0.2) is 14.5 Å². The highest BCUT2D eigenvalue weighted by Crippen LogP contribution is 2.22. The number of benzene rings is 2. The minimum absolute atomic E-state index is 0.0445. The van der Waals surface area contributed by atoms with Crippen LogP contribution in [0, 0.1) is 11.3 Å². The Morgan fingerprint density at radius 2 is 1.66 bits per heavy atom. The Morgan fingerprint density at radius 1 is 1.03 bits per heavy atom. The molecule has 164 valence electrons. The van der Waals surface area contributed by atoms with Crippen molar-refractivity contribution in [1.82, 2.24) is 0 Å². The average Bonchev–Trinajstić information content (AvgIpc) is 2.79. The Kier molecular flexibility index (Phi) is 7.68. The number of amides is 2. The number of nitrogens with zero attached hydrogens (tertiary/aromatic N) is 2. The highest BCUT2D eigenvalue weighted by atomic mass is 16.5. The lowest BCUT2D eigenvalue weighted by atomic mass is 10.1. The van der Waals surface area contributed by atoms with Crippen molar-refractivity contribution in [2.45, 2.75) is 6.92 Å². The molecule has 3 N–H and O–H groups in total. The van der Waals surface area contributed by atoms with E-state index in [4.69, 9.17) is 10.5 Å². The number of hydrogen-bond donors (Lipinski definition) is 2. The third-order valence-electron chi connectivity index (χ3n) is 4.24. The molecule has 0 atom stereocenters. The predicted molar refractivity (Wildman–Crippen MR) is 115 cm³/mol. The molecule has 0 radical (unpaired) electrons. The zero-order valence-corrected chi connectivity index (χ0v) is 17.5. The normalized spacial score (nSPS) is 10.5. The van der Waals surface area contributed by atoms with Gasteiger partial charge in [-0.05, 0) is 42.5 Å². The summed E-state index contributed by atoms with van der Waals surface area (Å²) in [6.45, 7) is 1.17. The van der Waals surface area contributed by atoms with E-state index in [1.807, 2.05) is 0 Å². The van der Waals surface area contributed by atoms with E-state index in [-0.39, 0.29) is 22.5 Å². The quantitative estimate of drug-likeness (QED) is 0.300. The predicted octanol–water partition coefficient (Wildman–Crippen LogP) is 2.24. The third-order valence-corrected chi connectivity index (χ3v) is 4.24. The molecular formula is C22H20N4O6. The molecule has 2 aromatic carbocycles. The number of carbonyl (C=O) groups is 4. The van der Waals surface area contributed by atoms with Gasteiger partial charge in [0.15, 0.2) is 0 Å². The summed E-state index contributed by atoms with van der Waals surface area (Å²) in [6.07, 6.45) is 1.03. The fraction of sp³-hybridized carbons (Fsp3) is 0.136. The van der Waals surface area contributed by atoms with E-state index in [2.05, 4.69) is 10.1 Å². The lowest BCUT2D eigenvalue weighted by molar-refractivity contribution is -0.123. The van der Waals surface area contributed by atoms with Crippen LogP contribution >= 0.6 is 0 Å². The summed E-state index contributed by atoms with van der Waals surface area (Å²) < 4.78 is 9.37. The number of hydrogen-bond acceptors (Lipinski definition) is 9. The van der Waals surface area contributed by atoms with Crippen LogP contribution in [0.4, 0.5) is 17.1 Å². The van der Waals surface area contributed by atoms with E-state index < -0.39 is 29.3 Å². The first-order valence-electron chi connectivity index (χ1n) is 9.11. The molecule has 0 saturated carbocycles. The van der Waals surface area contributed by atoms with Gasteiger partial charge < -0.3 is 20.5 Å². The second-order valence-electron chi connectivity index (χ2n) is 6.31. The zero-order valence-electron chi connectivity index (χ0n) is 17.5. The first-order chi connectivity index (χ1) is 15.2. The Hall–Kier alpha value is -4.65. The second-order valence-corrected chi connectivity index (χ2v) is 6.31. The van der Waals surface area contributed by atoms with Crippen LogP contribution in [-0.4, -0.2) is 38.0 Å². The number of methoxy groups -OCH3 is 2. The number of nitrogens with two attached hydrogens (primary N) is 1. The van der Waals surface area contributed by atoms with E-state index >= 15 is 0 Å². The number of anilines is 3. The number of nitrogens with one attached hydrogen (secondary N) is 1. The van der Waals surface area contributed by atoms with Gasteiger partial charge in [0.1, 0.15) is 11.6 Å². The summed E-state index contributed by atoms with van der Waals surface area (Å²) in [7, 11) is 2.38. The van der Waals surface area contributed by atoms with Crippen LogP contribution in [0.5, 0.6) is 0 Å². The molecule has 0 heterocycles. The summed E-state index contributed by atoms with van der Waals surface area (Å²) in [4.78, 5) is 49.7. The largest absolute Gasteiger partial charge is 0.465 e. The van der Waals surface area contributed by atoms with Gasteiger partial charge in [-0.2, -0.15) is 5.26 Å². The van der Waals surface area contributed by atoms with Crippen LogP contribution in [0.25, 0.3) is 0 Å². The Labute approximate surface area is 183 Å². The van der Waals surface area contributed by atoms with Crippen LogP contribution in [0.15, 0.2) is 54.2 Å². The number of rotatable bonds is 6. The van der Waals surface area contributed by atoms with Gasteiger partial charge in [0.2, 0.25) is 5.91 Å². The minimum atomic E-state index is -0.902. The van der Waals surface area contributed by atoms with Crippen molar-refractivity contribution in [3.8, 4) is 6.07 Å². The zero-order chi connectivity index (χ0) is 23.8. The molecule has 2 aromatic rings. The van der Waals surface area contributed by atoms with Crippen LogP contribution in [0.1, 0.15) is 27.6 Å². The van der Waals surface area contributed by atoms with Crippen molar-refractivity contribution in [3.05, 3.63) is 65.4 Å². The molecule has 2 rings (SSSR count). The molecule has 0 bridgehead atoms. The lowest BCUT2D eigenvalue weighted by Crippen LogP contribution is -2.36. The first-order valence-corrected chi connectivity index (χ1v) is 9.11. The molecule has 10 nitrogen and oxygen atoms in total. The van der Waals surface area contributed by atoms with Crippen molar-refractivity contribution in [3.63, 3.8) is 0 Å². The summed E-state index contributed by atoms with van der Waals surface area (Å²) in [5.41, 5.74) is 6.11. The standard InChI is InChI=1S/C22H20N4O6/c1-13(27)26(17-7-5-16(24)6-8-17)20(28)15(11-23)12-25-19-10-14(21(29)31-2)4-9-18(19)22(30)32-3/h4-10,12,25H,24H2,1-3H3/b15-12-. The number of esters is 2. The van der Waals surface area contributed by atoms with Crippen LogP contribution < -0.4 is 16.0 Å². The van der Waals surface area contributed by atoms with Gasteiger partial charge in [0, 0.05) is 18.8 Å². The maximum absolute atomic E-state index is 12.9. The van der Waals surface area contributed by atoms with E-state index in [9.17, 15) is 24.4 Å². The minimum Gasteiger partial charge on any atom is -0.465 e. The fourth-order valence-electron chi connectivity index (χ4n) is 2.67. The smallest absolute Gasteiger partial charge is 0.339 e. The van der Waals surface area contributed by atoms with E-state index in [1.54, 1.807) is 6.07 Å². The molecule has 0 spiro atoms. The van der Waals surface area contributed by atoms with E-state index in [0.717, 1.165) is 11.1 Å². The SMILES string of the molecule is COC(=O)c1ccc(C(=O)OC)c(N/C=C(/C#N)C(=O)N(C(C)=O)c2ccc(N)cc2)c1. The second kappa shape index (κ2) is 10.4. The number of carbonyl (C=O) groups excluding carboxylic acids is 4. The van der Waals surface area contributed by atoms with Gasteiger partial charge in [0.05, 0.1) is 36.7 Å². The fourth-order valence-corrected chi connectivity index (χ4v) is 2.67. The Balaban J connectivity index is 2.45. The van der Waals surface area contributed by atoms with Gasteiger partial charge >= 0.3 is 11.9 Å². The summed E-state index contributed by atoms with van der Waals surface area (Å²) in [6, 6.07) is 11.7. The lowest BCUT2D eigenvalue weighted by Gasteiger charge is -2.19. The topological polar surface area (TPSA) is 152 Å². The summed E-state index contributed by atoms with van der Waals surface area (Å²) in [5.74, 6) is -2.89. The van der Waals surface area contributed by atoms with Crippen molar-refractivity contribution in [2.24, 2.45) is 0 Å². The molecule has 0 aliphatic rings. The Morgan fingerprint density at radius 3 is 2.19 bits per heavy atom. The monoisotopic (exact) mass is 436 g/mol. The van der Waals surface area contributed by atoms with Gasteiger partial charge in [0.25, 0.3) is 5.91 Å². The molecule has 0 aliphatic heterocycles. The van der Waals surface area contributed by atoms with E-state index in [0.29, 0.717) is 5.69 Å². The van der Waals surface area contributed by atoms with Gasteiger partial charge in [-0.15, -0.1) is 0 Å². The maximum atomic E-state index is 12.9. The van der Waals surface area contributed by atoms with Gasteiger partial charge in [-0.3, -0.25) is 9.59 Å². The molecule has 32 heavy (non-hydrogen) atoms. The maximum Gasteiger partial charge on any atom is 0.339 e. The number of nitriles is 1. The summed E-state index contributed by atoms with van der Waals surface area (Å²) in [5, 5.41) is 12.2. The molecule has 0 fully saturated rings. The average molecular weight is 436 g/mol. The van der Waals surface area contributed by atoms with Crippen molar-refractivity contribution in [2.75, 3.05) is 30.2 Å². The molecule has 0 aromatic heterocycles. The molecule has 0 saturated heterocycles. The molecule has 0 aliphatic carbocycles. The molecule has 0 unspecified atom stereocenters. The molecule has 2 amide bonds. The van der Waals surface area contributed by atoms with Crippen LogP contribution in [0.2, 0.25) is 0 Å². The van der Waals surface area contributed by atoms with Crippen LogP contribution in [0.3, 0.4) is 0 Å². The van der Waals surface area contributed by atoms with E-state index in [1.165, 1.54) is 63.6 Å². The molecule has 10 heteroatoms. The van der Waals surface area contributed by atoms with Crippen molar-refractivity contribution < 1.29 is 28.7 Å². The van der Waals surface area contributed by atoms with Crippen molar-refractivity contribution >= 4 is 40.8 Å². The summed E-state index contributed by atoms with van der Waals surface area (Å²) >= 11 is 0. The Bertz CT molecular complexity index is 1130. The first kappa shape index (κ1) is 23.6. The third kappa shape index (κ3) is 5.28. The molecular weight excluding hydrogens is 416 g/mol. The highest BCUT2D eigenvalue weighted by Gasteiger charge is 2.24.